The lowest BCUT2D eigenvalue weighted by Gasteiger charge is -2.15. The largest absolute Gasteiger partial charge is 0.492 e. The highest BCUT2D eigenvalue weighted by Crippen LogP contribution is 2.23. The molecule has 2 aromatic heterocycles. The van der Waals surface area contributed by atoms with Crippen LogP contribution in [0.15, 0.2) is 71.8 Å². The summed E-state index contributed by atoms with van der Waals surface area (Å²) < 4.78 is 7.56. The van der Waals surface area contributed by atoms with Crippen LogP contribution in [0.5, 0.6) is 5.75 Å². The second kappa shape index (κ2) is 10.5. The van der Waals surface area contributed by atoms with Crippen LogP contribution in [0, 0.1) is 6.92 Å². The maximum Gasteiger partial charge on any atom is 0.263 e. The molecule has 1 amide bonds. The van der Waals surface area contributed by atoms with Gasteiger partial charge < -0.3 is 10.1 Å². The van der Waals surface area contributed by atoms with E-state index in [2.05, 4.69) is 15.2 Å². The fraction of sp³-hybridized carbons (Fsp3) is 0.250. The molecule has 3 heterocycles. The van der Waals surface area contributed by atoms with Gasteiger partial charge in [-0.25, -0.2) is 4.98 Å². The highest BCUT2D eigenvalue weighted by atomic mass is 35.5. The van der Waals surface area contributed by atoms with Gasteiger partial charge in [0.25, 0.3) is 11.5 Å². The summed E-state index contributed by atoms with van der Waals surface area (Å²) in [7, 11) is 0. The van der Waals surface area contributed by atoms with E-state index in [-0.39, 0.29) is 16.6 Å². The summed E-state index contributed by atoms with van der Waals surface area (Å²) in [6.07, 6.45) is 5.74. The summed E-state index contributed by atoms with van der Waals surface area (Å²) in [5, 5.41) is 4.54. The number of carbonyl (C=O) groups excluding carboxylic acids is 1. The molecule has 2 aromatic carbocycles. The molecular formula is C28H27ClN4O3. The number of fused-ring (bicyclic) bond motifs is 1. The smallest absolute Gasteiger partial charge is 0.263 e. The Morgan fingerprint density at radius 1 is 1.08 bits per heavy atom. The van der Waals surface area contributed by atoms with Crippen molar-refractivity contribution in [1.82, 2.24) is 14.5 Å². The highest BCUT2D eigenvalue weighted by molar-refractivity contribution is 6.29. The van der Waals surface area contributed by atoms with Crippen LogP contribution < -0.4 is 15.6 Å². The number of rotatable bonds is 7. The number of hydrogen-bond donors (Lipinski definition) is 1. The van der Waals surface area contributed by atoms with Crippen LogP contribution in [-0.2, 0) is 0 Å². The SMILES string of the molecule is Cc1ccc(NC(=O)c2ccnc(Cl)c2)cc1-n1ccc2ccc(OCCN3CCCC3)cc2c1=O. The molecule has 0 spiro atoms. The quantitative estimate of drug-likeness (QED) is 0.357. The number of carbonyl (C=O) groups is 1. The van der Waals surface area contributed by atoms with Gasteiger partial charge in [-0.15, -0.1) is 0 Å². The van der Waals surface area contributed by atoms with Gasteiger partial charge >= 0.3 is 0 Å². The number of pyridine rings is 2. The van der Waals surface area contributed by atoms with Gasteiger partial charge in [-0.2, -0.15) is 0 Å². The van der Waals surface area contributed by atoms with Crippen molar-refractivity contribution in [1.29, 1.82) is 0 Å². The Balaban J connectivity index is 1.40. The molecule has 0 saturated carbocycles. The lowest BCUT2D eigenvalue weighted by molar-refractivity contribution is 0.102. The number of ether oxygens (including phenoxy) is 1. The van der Waals surface area contributed by atoms with Gasteiger partial charge in [0, 0.05) is 30.2 Å². The lowest BCUT2D eigenvalue weighted by Crippen LogP contribution is -2.25. The standard InChI is InChI=1S/C28H27ClN4O3/c1-19-4-6-22(31-27(34)21-8-10-30-26(29)16-21)17-25(19)33-13-9-20-5-7-23(18-24(20)28(33)35)36-15-14-32-11-2-3-12-32/h4-10,13,16-18H,2-3,11-12,14-15H2,1H3,(H,31,34). The lowest BCUT2D eigenvalue weighted by atomic mass is 10.1. The number of hydrogen-bond acceptors (Lipinski definition) is 5. The molecule has 1 aliphatic rings. The molecule has 5 rings (SSSR count). The van der Waals surface area contributed by atoms with Crippen LogP contribution in [0.3, 0.4) is 0 Å². The van der Waals surface area contributed by atoms with E-state index in [0.717, 1.165) is 30.6 Å². The van der Waals surface area contributed by atoms with Crippen molar-refractivity contribution in [2.75, 3.05) is 31.6 Å². The Hall–Kier alpha value is -3.68. The average molecular weight is 503 g/mol. The molecule has 1 saturated heterocycles. The molecule has 184 valence electrons. The van der Waals surface area contributed by atoms with Crippen molar-refractivity contribution in [3.8, 4) is 11.4 Å². The number of aryl methyl sites for hydroxylation is 1. The third-order valence-corrected chi connectivity index (χ3v) is 6.67. The zero-order valence-electron chi connectivity index (χ0n) is 20.0. The van der Waals surface area contributed by atoms with E-state index in [4.69, 9.17) is 16.3 Å². The zero-order chi connectivity index (χ0) is 25.1. The fourth-order valence-electron chi connectivity index (χ4n) is 4.49. The Labute approximate surface area is 214 Å². The normalized spacial score (nSPS) is 13.7. The molecule has 4 aromatic rings. The Bertz CT molecular complexity index is 1480. The van der Waals surface area contributed by atoms with E-state index in [9.17, 15) is 9.59 Å². The second-order valence-corrected chi connectivity index (χ2v) is 9.35. The van der Waals surface area contributed by atoms with Crippen molar-refractivity contribution >= 4 is 34.0 Å². The summed E-state index contributed by atoms with van der Waals surface area (Å²) in [6.45, 7) is 5.66. The number of nitrogens with zero attached hydrogens (tertiary/aromatic N) is 3. The maximum atomic E-state index is 13.5. The van der Waals surface area contributed by atoms with E-state index in [0.29, 0.717) is 34.7 Å². The van der Waals surface area contributed by atoms with Crippen molar-refractivity contribution in [3.05, 3.63) is 93.6 Å². The predicted octanol–water partition coefficient (Wildman–Crippen LogP) is 5.07. The number of benzene rings is 2. The average Bonchev–Trinajstić information content (AvgIpc) is 3.39. The van der Waals surface area contributed by atoms with Crippen molar-refractivity contribution in [3.63, 3.8) is 0 Å². The Kier molecular flexibility index (Phi) is 7.02. The van der Waals surface area contributed by atoms with Gasteiger partial charge in [0.2, 0.25) is 0 Å². The van der Waals surface area contributed by atoms with E-state index in [1.54, 1.807) is 29.0 Å². The van der Waals surface area contributed by atoms with Gasteiger partial charge in [0.15, 0.2) is 0 Å². The summed E-state index contributed by atoms with van der Waals surface area (Å²) in [5.74, 6) is 0.376. The number of anilines is 1. The third-order valence-electron chi connectivity index (χ3n) is 6.47. The van der Waals surface area contributed by atoms with Crippen LogP contribution in [0.2, 0.25) is 5.15 Å². The summed E-state index contributed by atoms with van der Waals surface area (Å²) in [4.78, 5) is 32.5. The molecule has 0 bridgehead atoms. The molecule has 0 unspecified atom stereocenters. The molecule has 1 aliphatic heterocycles. The Morgan fingerprint density at radius 2 is 1.92 bits per heavy atom. The van der Waals surface area contributed by atoms with Gasteiger partial charge in [0.05, 0.1) is 11.1 Å². The molecular weight excluding hydrogens is 476 g/mol. The minimum absolute atomic E-state index is 0.148. The van der Waals surface area contributed by atoms with E-state index >= 15 is 0 Å². The number of amides is 1. The first kappa shape index (κ1) is 24.0. The maximum absolute atomic E-state index is 13.5. The van der Waals surface area contributed by atoms with Gasteiger partial charge in [-0.3, -0.25) is 19.1 Å². The molecule has 36 heavy (non-hydrogen) atoms. The van der Waals surface area contributed by atoms with Gasteiger partial charge in [-0.1, -0.05) is 23.7 Å². The first-order chi connectivity index (χ1) is 17.5. The van der Waals surface area contributed by atoms with Crippen LogP contribution in [0.1, 0.15) is 28.8 Å². The monoisotopic (exact) mass is 502 g/mol. The van der Waals surface area contributed by atoms with E-state index < -0.39 is 0 Å². The van der Waals surface area contributed by atoms with Crippen molar-refractivity contribution < 1.29 is 9.53 Å². The van der Waals surface area contributed by atoms with E-state index in [1.807, 2.05) is 37.3 Å². The summed E-state index contributed by atoms with van der Waals surface area (Å²) in [6, 6.07) is 16.1. The fourth-order valence-corrected chi connectivity index (χ4v) is 4.66. The summed E-state index contributed by atoms with van der Waals surface area (Å²) >= 11 is 5.91. The van der Waals surface area contributed by atoms with Crippen molar-refractivity contribution in [2.24, 2.45) is 0 Å². The molecule has 0 atom stereocenters. The minimum Gasteiger partial charge on any atom is -0.492 e. The van der Waals surface area contributed by atoms with Crippen LogP contribution in [0.4, 0.5) is 5.69 Å². The number of likely N-dealkylation sites (tertiary alicyclic amines) is 1. The predicted molar refractivity (Wildman–Crippen MR) is 143 cm³/mol. The second-order valence-electron chi connectivity index (χ2n) is 8.96. The zero-order valence-corrected chi connectivity index (χ0v) is 20.8. The molecule has 1 N–H and O–H groups in total. The molecule has 7 nitrogen and oxygen atoms in total. The Morgan fingerprint density at radius 3 is 2.72 bits per heavy atom. The van der Waals surface area contributed by atoms with Gasteiger partial charge in [-0.05, 0) is 86.3 Å². The summed E-state index contributed by atoms with van der Waals surface area (Å²) in [5.41, 5.74) is 2.41. The third kappa shape index (κ3) is 5.27. The van der Waals surface area contributed by atoms with Crippen LogP contribution in [-0.4, -0.2) is 46.6 Å². The van der Waals surface area contributed by atoms with Crippen molar-refractivity contribution in [2.45, 2.75) is 19.8 Å². The first-order valence-corrected chi connectivity index (χ1v) is 12.4. The number of aromatic nitrogens is 2. The molecule has 8 heteroatoms. The van der Waals surface area contributed by atoms with E-state index in [1.165, 1.54) is 25.1 Å². The highest BCUT2D eigenvalue weighted by Gasteiger charge is 2.13. The topological polar surface area (TPSA) is 76.5 Å². The minimum atomic E-state index is -0.310. The molecule has 0 radical (unpaired) electrons. The number of halogens is 1. The van der Waals surface area contributed by atoms with Crippen LogP contribution >= 0.6 is 11.6 Å². The molecule has 1 fully saturated rings. The molecule has 0 aliphatic carbocycles. The number of nitrogens with one attached hydrogen (secondary N) is 1. The van der Waals surface area contributed by atoms with Crippen LogP contribution in [0.25, 0.3) is 16.5 Å². The van der Waals surface area contributed by atoms with Gasteiger partial charge in [0.1, 0.15) is 17.5 Å². The first-order valence-electron chi connectivity index (χ1n) is 12.0.